The van der Waals surface area contributed by atoms with Gasteiger partial charge in [-0.1, -0.05) is 13.0 Å². The fourth-order valence-corrected chi connectivity index (χ4v) is 2.15. The Labute approximate surface area is 117 Å². The lowest BCUT2D eigenvalue weighted by atomic mass is 10.2. The van der Waals surface area contributed by atoms with Crippen molar-refractivity contribution in [2.45, 2.75) is 39.7 Å². The molecule has 0 aromatic heterocycles. The van der Waals surface area contributed by atoms with E-state index in [1.807, 2.05) is 26.8 Å². The number of ether oxygens (including phenoxy) is 1. The van der Waals surface area contributed by atoms with Crippen molar-refractivity contribution in [3.63, 3.8) is 0 Å². The monoisotopic (exact) mass is 268 g/mol. The second kappa shape index (κ2) is 7.65. The molecular weight excluding hydrogens is 240 g/mol. The summed E-state index contributed by atoms with van der Waals surface area (Å²) in [4.78, 5) is 16.4. The summed E-state index contributed by atoms with van der Waals surface area (Å²) in [7, 11) is 0. The first-order chi connectivity index (χ1) is 8.90. The van der Waals surface area contributed by atoms with Crippen molar-refractivity contribution in [2.75, 3.05) is 39.3 Å². The lowest BCUT2D eigenvalue weighted by Gasteiger charge is -2.33. The molecule has 1 saturated heterocycles. The van der Waals surface area contributed by atoms with Crippen LogP contribution in [0.5, 0.6) is 0 Å². The number of hydrogen-bond donors (Lipinski definition) is 0. The fraction of sp³-hybridized carbons (Fsp3) is 0.800. The molecule has 1 rings (SSSR count). The predicted molar refractivity (Wildman–Crippen MR) is 78.2 cm³/mol. The van der Waals surface area contributed by atoms with Gasteiger partial charge in [0.05, 0.1) is 0 Å². The van der Waals surface area contributed by atoms with E-state index < -0.39 is 5.60 Å². The summed E-state index contributed by atoms with van der Waals surface area (Å²) >= 11 is 0. The number of carbonyl (C=O) groups is 1. The maximum atomic E-state index is 11.5. The van der Waals surface area contributed by atoms with Crippen molar-refractivity contribution in [3.05, 3.63) is 12.2 Å². The van der Waals surface area contributed by atoms with Gasteiger partial charge in [-0.2, -0.15) is 0 Å². The molecule has 1 aliphatic rings. The molecule has 1 fully saturated rings. The summed E-state index contributed by atoms with van der Waals surface area (Å²) in [5, 5.41) is 0. The molecule has 110 valence electrons. The van der Waals surface area contributed by atoms with Crippen molar-refractivity contribution in [1.29, 1.82) is 0 Å². The van der Waals surface area contributed by atoms with Crippen LogP contribution >= 0.6 is 0 Å². The second-order valence-corrected chi connectivity index (χ2v) is 6.08. The predicted octanol–water partition coefficient (Wildman–Crippen LogP) is 1.91. The lowest BCUT2D eigenvalue weighted by molar-refractivity contribution is -0.148. The van der Waals surface area contributed by atoms with Gasteiger partial charge < -0.3 is 9.64 Å². The van der Waals surface area contributed by atoms with E-state index in [0.717, 1.165) is 32.7 Å². The van der Waals surface area contributed by atoms with E-state index in [1.165, 1.54) is 13.0 Å². The average Bonchev–Trinajstić information content (AvgIpc) is 2.29. The first-order valence-electron chi connectivity index (χ1n) is 7.25. The van der Waals surface area contributed by atoms with Gasteiger partial charge in [-0.05, 0) is 33.7 Å². The van der Waals surface area contributed by atoms with Gasteiger partial charge in [-0.25, -0.2) is 4.79 Å². The van der Waals surface area contributed by atoms with Gasteiger partial charge in [0.15, 0.2) is 0 Å². The van der Waals surface area contributed by atoms with Gasteiger partial charge in [0, 0.05) is 38.8 Å². The molecule has 1 aliphatic heterocycles. The van der Waals surface area contributed by atoms with Gasteiger partial charge in [0.2, 0.25) is 0 Å². The minimum atomic E-state index is -0.410. The Kier molecular flexibility index (Phi) is 6.52. The van der Waals surface area contributed by atoms with Crippen molar-refractivity contribution in [1.82, 2.24) is 9.80 Å². The Hall–Kier alpha value is -0.870. The third kappa shape index (κ3) is 7.33. The summed E-state index contributed by atoms with van der Waals surface area (Å²) in [6.45, 7) is 14.3. The molecule has 0 unspecified atom stereocenters. The summed E-state index contributed by atoms with van der Waals surface area (Å²) < 4.78 is 5.22. The summed E-state index contributed by atoms with van der Waals surface area (Å²) in [6.07, 6.45) is 4.67. The number of carbonyl (C=O) groups excluding carboxylic acids is 1. The Balaban J connectivity index is 2.21. The Morgan fingerprint density at radius 1 is 1.16 bits per heavy atom. The van der Waals surface area contributed by atoms with Gasteiger partial charge in [-0.3, -0.25) is 4.90 Å². The van der Waals surface area contributed by atoms with Gasteiger partial charge in [0.25, 0.3) is 0 Å². The number of nitrogens with zero attached hydrogens (tertiary/aromatic N) is 2. The van der Waals surface area contributed by atoms with Crippen LogP contribution < -0.4 is 0 Å². The van der Waals surface area contributed by atoms with Crippen molar-refractivity contribution in [3.8, 4) is 0 Å². The number of esters is 1. The van der Waals surface area contributed by atoms with E-state index in [4.69, 9.17) is 4.74 Å². The van der Waals surface area contributed by atoms with Crippen LogP contribution in [0.1, 0.15) is 34.1 Å². The third-order valence-corrected chi connectivity index (χ3v) is 3.03. The van der Waals surface area contributed by atoms with Crippen LogP contribution in [0.4, 0.5) is 0 Å². The number of hydrogen-bond acceptors (Lipinski definition) is 4. The molecule has 4 heteroatoms. The normalized spacial score (nSPS) is 18.9. The molecule has 0 bridgehead atoms. The summed E-state index contributed by atoms with van der Waals surface area (Å²) in [5.41, 5.74) is -0.410. The maximum absolute atomic E-state index is 11.5. The molecule has 4 nitrogen and oxygen atoms in total. The van der Waals surface area contributed by atoms with Crippen LogP contribution in [-0.2, 0) is 9.53 Å². The lowest BCUT2D eigenvalue weighted by Crippen LogP contribution is -2.46. The van der Waals surface area contributed by atoms with Crippen LogP contribution in [0.25, 0.3) is 0 Å². The molecule has 0 saturated carbocycles. The van der Waals surface area contributed by atoms with Gasteiger partial charge >= 0.3 is 5.97 Å². The summed E-state index contributed by atoms with van der Waals surface area (Å²) in [6, 6.07) is 0. The number of piperazine rings is 1. The third-order valence-electron chi connectivity index (χ3n) is 3.03. The largest absolute Gasteiger partial charge is 0.457 e. The van der Waals surface area contributed by atoms with E-state index in [1.54, 1.807) is 6.08 Å². The van der Waals surface area contributed by atoms with Gasteiger partial charge in [0.1, 0.15) is 5.60 Å². The molecule has 0 N–H and O–H groups in total. The van der Waals surface area contributed by atoms with Gasteiger partial charge in [-0.15, -0.1) is 0 Å². The van der Waals surface area contributed by atoms with Crippen molar-refractivity contribution in [2.24, 2.45) is 0 Å². The second-order valence-electron chi connectivity index (χ2n) is 6.08. The fourth-order valence-electron chi connectivity index (χ4n) is 2.15. The minimum Gasteiger partial charge on any atom is -0.457 e. The van der Waals surface area contributed by atoms with Crippen LogP contribution in [0.15, 0.2) is 12.2 Å². The first kappa shape index (κ1) is 16.2. The zero-order valence-corrected chi connectivity index (χ0v) is 12.8. The highest BCUT2D eigenvalue weighted by Crippen LogP contribution is 2.07. The molecule has 0 aromatic carbocycles. The number of rotatable bonds is 5. The standard InChI is InChI=1S/C15H28N2O2/c1-5-8-16-10-12-17(13-11-16)9-6-7-14(18)19-15(2,3)4/h6-7H,5,8-13H2,1-4H3/b7-6+. The highest BCUT2D eigenvalue weighted by atomic mass is 16.6. The van der Waals surface area contributed by atoms with Crippen molar-refractivity contribution >= 4 is 5.97 Å². The van der Waals surface area contributed by atoms with Crippen molar-refractivity contribution < 1.29 is 9.53 Å². The van der Waals surface area contributed by atoms with E-state index in [-0.39, 0.29) is 5.97 Å². The Bertz CT molecular complexity index is 300. The molecular formula is C15H28N2O2. The molecule has 0 aromatic rings. The maximum Gasteiger partial charge on any atom is 0.330 e. The smallest absolute Gasteiger partial charge is 0.330 e. The van der Waals surface area contributed by atoms with Crippen LogP contribution in [-0.4, -0.2) is 60.6 Å². The van der Waals surface area contributed by atoms with Crippen LogP contribution in [0, 0.1) is 0 Å². The van der Waals surface area contributed by atoms with E-state index in [2.05, 4.69) is 16.7 Å². The molecule has 1 heterocycles. The quantitative estimate of drug-likeness (QED) is 0.563. The SMILES string of the molecule is CCCN1CCN(C/C=C/C(=O)OC(C)(C)C)CC1. The highest BCUT2D eigenvalue weighted by Gasteiger charge is 2.16. The van der Waals surface area contributed by atoms with Crippen LogP contribution in [0.2, 0.25) is 0 Å². The zero-order chi connectivity index (χ0) is 14.3. The molecule has 0 aliphatic carbocycles. The minimum absolute atomic E-state index is 0.253. The van der Waals surface area contributed by atoms with E-state index in [9.17, 15) is 4.79 Å². The summed E-state index contributed by atoms with van der Waals surface area (Å²) in [5.74, 6) is -0.253. The van der Waals surface area contributed by atoms with Crippen LogP contribution in [0.3, 0.4) is 0 Å². The molecule has 0 spiro atoms. The zero-order valence-electron chi connectivity index (χ0n) is 12.8. The molecule has 0 radical (unpaired) electrons. The Morgan fingerprint density at radius 3 is 2.26 bits per heavy atom. The van der Waals surface area contributed by atoms with E-state index in [0.29, 0.717) is 0 Å². The van der Waals surface area contributed by atoms with E-state index >= 15 is 0 Å². The highest BCUT2D eigenvalue weighted by molar-refractivity contribution is 5.82. The topological polar surface area (TPSA) is 32.8 Å². The molecule has 0 atom stereocenters. The molecule has 0 amide bonds. The average molecular weight is 268 g/mol. The first-order valence-corrected chi connectivity index (χ1v) is 7.25. The molecule has 19 heavy (non-hydrogen) atoms. The Morgan fingerprint density at radius 2 is 1.74 bits per heavy atom.